The highest BCUT2D eigenvalue weighted by atomic mass is 19.4. The zero-order chi connectivity index (χ0) is 37.1. The van der Waals surface area contributed by atoms with Crippen molar-refractivity contribution in [2.75, 3.05) is 0 Å². The maximum absolute atomic E-state index is 13.3. The van der Waals surface area contributed by atoms with Gasteiger partial charge in [0, 0.05) is 24.7 Å². The van der Waals surface area contributed by atoms with Crippen LogP contribution in [0.25, 0.3) is 0 Å². The molecule has 52 heavy (non-hydrogen) atoms. The number of nitrogens with zero attached hydrogens (tertiary/aromatic N) is 2. The molecular formula is C40H32F6N2O4. The third-order valence-electron chi connectivity index (χ3n) is 10.7. The molecule has 6 nitrogen and oxygen atoms in total. The lowest BCUT2D eigenvalue weighted by molar-refractivity contribution is -0.142. The van der Waals surface area contributed by atoms with Gasteiger partial charge in [-0.3, -0.25) is 29.0 Å². The molecular weight excluding hydrogens is 686 g/mol. The fourth-order valence-electron chi connectivity index (χ4n) is 7.91. The number of amides is 4. The second-order valence-electron chi connectivity index (χ2n) is 13.9. The number of carbonyl (C=O) groups excluding carboxylic acids is 4. The zero-order valence-corrected chi connectivity index (χ0v) is 27.6. The molecule has 4 amide bonds. The van der Waals surface area contributed by atoms with Crippen molar-refractivity contribution in [3.8, 4) is 0 Å². The van der Waals surface area contributed by atoms with Crippen LogP contribution in [0.5, 0.6) is 0 Å². The van der Waals surface area contributed by atoms with E-state index in [9.17, 15) is 45.5 Å². The lowest BCUT2D eigenvalue weighted by Crippen LogP contribution is -2.31. The molecule has 4 aromatic carbocycles. The average Bonchev–Trinajstić information content (AvgIpc) is 4.00. The first kappa shape index (κ1) is 35.2. The zero-order valence-electron chi connectivity index (χ0n) is 27.6. The topological polar surface area (TPSA) is 74.8 Å². The van der Waals surface area contributed by atoms with Gasteiger partial charge in [0.15, 0.2) is 0 Å². The summed E-state index contributed by atoms with van der Waals surface area (Å²) in [5.41, 5.74) is -1.59. The van der Waals surface area contributed by atoms with Crippen LogP contribution < -0.4 is 0 Å². The predicted octanol–water partition coefficient (Wildman–Crippen LogP) is 8.28. The van der Waals surface area contributed by atoms with Gasteiger partial charge in [0.25, 0.3) is 0 Å². The van der Waals surface area contributed by atoms with Crippen LogP contribution in [-0.4, -0.2) is 33.4 Å². The van der Waals surface area contributed by atoms with E-state index >= 15 is 0 Å². The third-order valence-corrected chi connectivity index (χ3v) is 10.7. The molecule has 268 valence electrons. The molecule has 4 aliphatic rings. The summed E-state index contributed by atoms with van der Waals surface area (Å²) in [5, 5.41) is 0. The van der Waals surface area contributed by atoms with Crippen molar-refractivity contribution < 1.29 is 45.5 Å². The van der Waals surface area contributed by atoms with Gasteiger partial charge in [-0.2, -0.15) is 26.3 Å². The third kappa shape index (κ3) is 6.28. The second-order valence-corrected chi connectivity index (χ2v) is 13.9. The van der Waals surface area contributed by atoms with Crippen LogP contribution in [0.1, 0.15) is 70.9 Å². The molecule has 0 bridgehead atoms. The highest BCUT2D eigenvalue weighted by Crippen LogP contribution is 2.67. The van der Waals surface area contributed by atoms with Gasteiger partial charge in [0.05, 0.1) is 35.0 Å². The van der Waals surface area contributed by atoms with Crippen molar-refractivity contribution in [3.63, 3.8) is 0 Å². The van der Waals surface area contributed by atoms with E-state index in [0.717, 1.165) is 23.3 Å². The first-order valence-electron chi connectivity index (χ1n) is 16.8. The molecule has 4 aromatic rings. The average molecular weight is 719 g/mol. The predicted molar refractivity (Wildman–Crippen MR) is 176 cm³/mol. The molecule has 2 spiro atoms. The Kier molecular flexibility index (Phi) is 8.62. The van der Waals surface area contributed by atoms with Crippen LogP contribution in [0.15, 0.2) is 109 Å². The van der Waals surface area contributed by atoms with Crippen LogP contribution in [-0.2, 0) is 44.6 Å². The van der Waals surface area contributed by atoms with Gasteiger partial charge >= 0.3 is 12.4 Å². The molecule has 0 N–H and O–H groups in total. The lowest BCUT2D eigenvalue weighted by Gasteiger charge is -2.16. The van der Waals surface area contributed by atoms with Crippen LogP contribution in [0.4, 0.5) is 26.3 Å². The molecule has 2 aliphatic carbocycles. The minimum absolute atomic E-state index is 0.0183. The molecule has 2 heterocycles. The van der Waals surface area contributed by atoms with E-state index in [1.54, 1.807) is 12.1 Å². The molecule has 0 aromatic heterocycles. The van der Waals surface area contributed by atoms with E-state index in [2.05, 4.69) is 0 Å². The number of carbonyl (C=O) groups is 4. The molecule has 0 radical (unpaired) electrons. The van der Waals surface area contributed by atoms with Crippen molar-refractivity contribution in [2.24, 2.45) is 10.8 Å². The molecule has 1 unspecified atom stereocenters. The van der Waals surface area contributed by atoms with Gasteiger partial charge in [0.2, 0.25) is 23.6 Å². The highest BCUT2D eigenvalue weighted by Gasteiger charge is 2.69. The fourth-order valence-corrected chi connectivity index (χ4v) is 7.91. The number of rotatable bonds is 6. The molecule has 2 aliphatic heterocycles. The Morgan fingerprint density at radius 1 is 0.500 bits per heavy atom. The van der Waals surface area contributed by atoms with E-state index in [-0.39, 0.29) is 73.5 Å². The summed E-state index contributed by atoms with van der Waals surface area (Å²) in [7, 11) is 0. The number of benzene rings is 4. The summed E-state index contributed by atoms with van der Waals surface area (Å²) >= 11 is 0. The number of hydrogen-bond donors (Lipinski definition) is 0. The van der Waals surface area contributed by atoms with Gasteiger partial charge in [0.1, 0.15) is 0 Å². The van der Waals surface area contributed by atoms with Crippen LogP contribution in [0.2, 0.25) is 0 Å². The lowest BCUT2D eigenvalue weighted by atomic mass is 9.94. The van der Waals surface area contributed by atoms with Crippen LogP contribution in [0, 0.1) is 10.8 Å². The van der Waals surface area contributed by atoms with E-state index in [0.29, 0.717) is 0 Å². The van der Waals surface area contributed by atoms with Gasteiger partial charge in [-0.25, -0.2) is 0 Å². The summed E-state index contributed by atoms with van der Waals surface area (Å²) in [4.78, 5) is 52.9. The Hall–Kier alpha value is -5.26. The molecule has 8 rings (SSSR count). The molecule has 12 heteroatoms. The summed E-state index contributed by atoms with van der Waals surface area (Å²) < 4.78 is 79.7. The summed E-state index contributed by atoms with van der Waals surface area (Å²) in [6.07, 6.45) is -8.41. The van der Waals surface area contributed by atoms with E-state index in [1.165, 1.54) is 34.1 Å². The maximum Gasteiger partial charge on any atom is 0.416 e. The van der Waals surface area contributed by atoms with E-state index in [4.69, 9.17) is 0 Å². The number of alkyl halides is 6. The minimum atomic E-state index is -4.48. The maximum atomic E-state index is 13.3. The van der Waals surface area contributed by atoms with Crippen molar-refractivity contribution >= 4 is 23.6 Å². The molecule has 4 fully saturated rings. The van der Waals surface area contributed by atoms with Gasteiger partial charge < -0.3 is 0 Å². The second kappa shape index (κ2) is 12.8. The van der Waals surface area contributed by atoms with Crippen LogP contribution >= 0.6 is 0 Å². The molecule has 2 saturated heterocycles. The summed E-state index contributed by atoms with van der Waals surface area (Å²) in [6, 6.07) is 28.8. The Morgan fingerprint density at radius 3 is 1.17 bits per heavy atom. The van der Waals surface area contributed by atoms with Gasteiger partial charge in [-0.1, -0.05) is 97.1 Å². The molecule has 4 atom stereocenters. The minimum Gasteiger partial charge on any atom is -0.278 e. The van der Waals surface area contributed by atoms with Crippen molar-refractivity contribution in [2.45, 2.75) is 63.0 Å². The Labute approximate surface area is 295 Å². The summed E-state index contributed by atoms with van der Waals surface area (Å²) in [6.45, 7) is 0.321. The standard InChI is InChI=1S/2C20H16F3NO2/c2*21-20(22,23)15-9-5-4-8-14(15)16-10-19(16)11-17(25)24(18(19)26)12-13-6-2-1-3-7-13/h2*1-9,16H,10-12H2/t16-,19?;16-,19+/m01/s1. The summed E-state index contributed by atoms with van der Waals surface area (Å²) in [5.74, 6) is -2.45. The number of likely N-dealkylation sites (tertiary alicyclic amines) is 2. The van der Waals surface area contributed by atoms with Crippen molar-refractivity contribution in [1.82, 2.24) is 9.80 Å². The SMILES string of the molecule is O=C1CC2(C[C@H]2c2ccccc2C(F)(F)F)C(=O)N1Cc1ccccc1.O=C1C[C@]2(C[C@@H]2c2ccccc2C(F)(F)F)C(=O)N1Cc1ccccc1. The normalized spacial score (nSPS) is 25.2. The first-order valence-corrected chi connectivity index (χ1v) is 16.8. The van der Waals surface area contributed by atoms with Gasteiger partial charge in [-0.05, 0) is 47.2 Å². The number of halogens is 6. The van der Waals surface area contributed by atoms with Crippen molar-refractivity contribution in [3.05, 3.63) is 143 Å². The Bertz CT molecular complexity index is 1900. The first-order chi connectivity index (χ1) is 24.7. The number of hydrogen-bond acceptors (Lipinski definition) is 4. The quantitative estimate of drug-likeness (QED) is 0.149. The number of imide groups is 2. The van der Waals surface area contributed by atoms with Crippen LogP contribution in [0.3, 0.4) is 0 Å². The smallest absolute Gasteiger partial charge is 0.278 e. The van der Waals surface area contributed by atoms with E-state index < -0.39 is 46.1 Å². The highest BCUT2D eigenvalue weighted by molar-refractivity contribution is 6.09. The van der Waals surface area contributed by atoms with Crippen molar-refractivity contribution in [1.29, 1.82) is 0 Å². The van der Waals surface area contributed by atoms with E-state index in [1.807, 2.05) is 60.7 Å². The molecule has 2 saturated carbocycles. The fraction of sp³-hybridized carbons (Fsp3) is 0.300. The van der Waals surface area contributed by atoms with Gasteiger partial charge in [-0.15, -0.1) is 0 Å². The Morgan fingerprint density at radius 2 is 0.827 bits per heavy atom. The Balaban J connectivity index is 0.000000162. The largest absolute Gasteiger partial charge is 0.416 e. The monoisotopic (exact) mass is 718 g/mol.